The van der Waals surface area contributed by atoms with Gasteiger partial charge in [0.2, 0.25) is 0 Å². The molecule has 0 atom stereocenters. The van der Waals surface area contributed by atoms with Gasteiger partial charge in [-0.2, -0.15) is 5.26 Å². The van der Waals surface area contributed by atoms with E-state index < -0.39 is 0 Å². The lowest BCUT2D eigenvalue weighted by Crippen LogP contribution is -2.23. The number of aryl methyl sites for hydroxylation is 2. The quantitative estimate of drug-likeness (QED) is 0.728. The molecule has 1 aromatic carbocycles. The average Bonchev–Trinajstić information content (AvgIpc) is 2.80. The van der Waals surface area contributed by atoms with E-state index in [0.717, 1.165) is 16.0 Å². The molecule has 3 rings (SSSR count). The molecular weight excluding hydrogens is 301 g/mol. The van der Waals surface area contributed by atoms with Crippen LogP contribution in [0, 0.1) is 31.0 Å². The second-order valence-electron chi connectivity index (χ2n) is 4.93. The molecule has 0 saturated heterocycles. The van der Waals surface area contributed by atoms with E-state index in [1.807, 2.05) is 13.0 Å². The molecule has 6 heteroatoms. The molecule has 0 aliphatic carbocycles. The third-order valence-electron chi connectivity index (χ3n) is 3.54. The summed E-state index contributed by atoms with van der Waals surface area (Å²) < 4.78 is 14.5. The summed E-state index contributed by atoms with van der Waals surface area (Å²) >= 11 is 1.43. The van der Waals surface area contributed by atoms with Crippen molar-refractivity contribution in [3.63, 3.8) is 0 Å². The third kappa shape index (κ3) is 2.20. The molecule has 3 aromatic rings. The first kappa shape index (κ1) is 14.4. The molecule has 2 heterocycles. The molecule has 0 amide bonds. The zero-order valence-corrected chi connectivity index (χ0v) is 12.9. The zero-order valence-electron chi connectivity index (χ0n) is 12.1. The summed E-state index contributed by atoms with van der Waals surface area (Å²) in [5, 5.41) is 9.38. The number of hydrogen-bond acceptors (Lipinski definition) is 4. The standard InChI is InChI=1S/C16H12FN3OS/c1-9-13(11-3-5-12(17)6-4-11)14-15(22-9)19-10(2)20(8-7-18)16(14)21/h3-6H,8H2,1-2H3. The third-order valence-corrected chi connectivity index (χ3v) is 4.54. The van der Waals surface area contributed by atoms with Gasteiger partial charge in [0.05, 0.1) is 11.5 Å². The van der Waals surface area contributed by atoms with Crippen LogP contribution < -0.4 is 5.56 Å². The van der Waals surface area contributed by atoms with Crippen molar-refractivity contribution in [2.75, 3.05) is 0 Å². The highest BCUT2D eigenvalue weighted by molar-refractivity contribution is 7.19. The van der Waals surface area contributed by atoms with Crippen LogP contribution in [0.3, 0.4) is 0 Å². The molecule has 0 radical (unpaired) electrons. The molecule has 0 aliphatic heterocycles. The summed E-state index contributed by atoms with van der Waals surface area (Å²) in [5.41, 5.74) is 1.31. The molecule has 0 fully saturated rings. The smallest absolute Gasteiger partial charge is 0.263 e. The second kappa shape index (κ2) is 5.35. The first-order chi connectivity index (χ1) is 10.5. The van der Waals surface area contributed by atoms with Crippen LogP contribution in [-0.4, -0.2) is 9.55 Å². The Hall–Kier alpha value is -2.52. The van der Waals surface area contributed by atoms with E-state index in [9.17, 15) is 9.18 Å². The maximum absolute atomic E-state index is 13.1. The number of halogens is 1. The van der Waals surface area contributed by atoms with E-state index in [1.165, 1.54) is 28.0 Å². The van der Waals surface area contributed by atoms with Crippen molar-refractivity contribution < 1.29 is 4.39 Å². The Kier molecular flexibility index (Phi) is 3.51. The molecule has 0 bridgehead atoms. The van der Waals surface area contributed by atoms with E-state index in [-0.39, 0.29) is 17.9 Å². The Balaban J connectivity index is 2.38. The Morgan fingerprint density at radius 3 is 2.64 bits per heavy atom. The molecule has 0 spiro atoms. The van der Waals surface area contributed by atoms with E-state index in [0.29, 0.717) is 16.0 Å². The molecule has 110 valence electrons. The van der Waals surface area contributed by atoms with Gasteiger partial charge in [-0.25, -0.2) is 9.37 Å². The van der Waals surface area contributed by atoms with E-state index in [4.69, 9.17) is 5.26 Å². The van der Waals surface area contributed by atoms with Gasteiger partial charge in [-0.05, 0) is 31.5 Å². The number of thiophene rings is 1. The first-order valence-electron chi connectivity index (χ1n) is 6.66. The highest BCUT2D eigenvalue weighted by Gasteiger charge is 2.18. The maximum atomic E-state index is 13.1. The lowest BCUT2D eigenvalue weighted by molar-refractivity contribution is 0.628. The molecule has 2 aromatic heterocycles. The lowest BCUT2D eigenvalue weighted by Gasteiger charge is -2.06. The van der Waals surface area contributed by atoms with Crippen molar-refractivity contribution in [2.45, 2.75) is 20.4 Å². The summed E-state index contributed by atoms with van der Waals surface area (Å²) in [6, 6.07) is 8.02. The summed E-state index contributed by atoms with van der Waals surface area (Å²) in [4.78, 5) is 18.7. The SMILES string of the molecule is Cc1sc2nc(C)n(CC#N)c(=O)c2c1-c1ccc(F)cc1. The minimum atomic E-state index is -0.322. The Labute approximate surface area is 130 Å². The summed E-state index contributed by atoms with van der Waals surface area (Å²) in [7, 11) is 0. The predicted molar refractivity (Wildman–Crippen MR) is 84.4 cm³/mol. The lowest BCUT2D eigenvalue weighted by atomic mass is 10.0. The summed E-state index contributed by atoms with van der Waals surface area (Å²) in [6.07, 6.45) is 0. The number of rotatable bonds is 2. The first-order valence-corrected chi connectivity index (χ1v) is 7.48. The molecule has 0 saturated carbocycles. The van der Waals surface area contributed by atoms with E-state index >= 15 is 0 Å². The van der Waals surface area contributed by atoms with Crippen molar-refractivity contribution in [1.29, 1.82) is 5.26 Å². The number of nitriles is 1. The fourth-order valence-corrected chi connectivity index (χ4v) is 3.60. The number of hydrogen-bond donors (Lipinski definition) is 0. The normalized spacial score (nSPS) is 10.8. The average molecular weight is 313 g/mol. The van der Waals surface area contributed by atoms with E-state index in [2.05, 4.69) is 4.98 Å². The van der Waals surface area contributed by atoms with Gasteiger partial charge in [0.25, 0.3) is 5.56 Å². The fourth-order valence-electron chi connectivity index (χ4n) is 2.52. The van der Waals surface area contributed by atoms with Gasteiger partial charge < -0.3 is 0 Å². The van der Waals surface area contributed by atoms with Gasteiger partial charge in [-0.3, -0.25) is 9.36 Å². The van der Waals surface area contributed by atoms with Gasteiger partial charge in [-0.1, -0.05) is 12.1 Å². The molecule has 0 aliphatic rings. The highest BCUT2D eigenvalue weighted by Crippen LogP contribution is 2.35. The van der Waals surface area contributed by atoms with Gasteiger partial charge in [0, 0.05) is 10.4 Å². The topological polar surface area (TPSA) is 58.7 Å². The van der Waals surface area contributed by atoms with Crippen molar-refractivity contribution >= 4 is 21.6 Å². The van der Waals surface area contributed by atoms with E-state index in [1.54, 1.807) is 19.1 Å². The Bertz CT molecular complexity index is 964. The molecule has 0 N–H and O–H groups in total. The molecular formula is C16H12FN3OS. The van der Waals surface area contributed by atoms with Gasteiger partial charge in [-0.15, -0.1) is 11.3 Å². The monoisotopic (exact) mass is 313 g/mol. The maximum Gasteiger partial charge on any atom is 0.263 e. The van der Waals surface area contributed by atoms with Crippen LogP contribution in [0.5, 0.6) is 0 Å². The van der Waals surface area contributed by atoms with Crippen molar-refractivity contribution in [2.24, 2.45) is 0 Å². The summed E-state index contributed by atoms with van der Waals surface area (Å²) in [6.45, 7) is 3.59. The minimum Gasteiger partial charge on any atom is -0.282 e. The van der Waals surface area contributed by atoms with Crippen molar-refractivity contribution in [3.05, 3.63) is 51.1 Å². The zero-order chi connectivity index (χ0) is 15.9. The van der Waals surface area contributed by atoms with Crippen molar-refractivity contribution in [3.8, 4) is 17.2 Å². The number of nitrogens with zero attached hydrogens (tertiary/aromatic N) is 3. The largest absolute Gasteiger partial charge is 0.282 e. The van der Waals surface area contributed by atoms with Crippen LogP contribution in [0.25, 0.3) is 21.3 Å². The van der Waals surface area contributed by atoms with Crippen LogP contribution in [-0.2, 0) is 6.54 Å². The van der Waals surface area contributed by atoms with Crippen molar-refractivity contribution in [1.82, 2.24) is 9.55 Å². The van der Waals surface area contributed by atoms with Gasteiger partial charge in [0.1, 0.15) is 23.0 Å². The summed E-state index contributed by atoms with van der Waals surface area (Å²) in [5.74, 6) is 0.197. The van der Waals surface area contributed by atoms with Crippen LogP contribution in [0.1, 0.15) is 10.7 Å². The number of aromatic nitrogens is 2. The minimum absolute atomic E-state index is 0.0364. The number of fused-ring (bicyclic) bond motifs is 1. The fraction of sp³-hybridized carbons (Fsp3) is 0.188. The predicted octanol–water partition coefficient (Wildman–Crippen LogP) is 3.40. The molecule has 0 unspecified atom stereocenters. The Morgan fingerprint density at radius 2 is 2.00 bits per heavy atom. The van der Waals surface area contributed by atoms with Gasteiger partial charge in [0.15, 0.2) is 0 Å². The van der Waals surface area contributed by atoms with Crippen LogP contribution in [0.2, 0.25) is 0 Å². The van der Waals surface area contributed by atoms with Crippen LogP contribution in [0.4, 0.5) is 4.39 Å². The Morgan fingerprint density at radius 1 is 1.32 bits per heavy atom. The molecule has 4 nitrogen and oxygen atoms in total. The van der Waals surface area contributed by atoms with Crippen LogP contribution in [0.15, 0.2) is 29.1 Å². The number of benzene rings is 1. The van der Waals surface area contributed by atoms with Crippen LogP contribution >= 0.6 is 11.3 Å². The highest BCUT2D eigenvalue weighted by atomic mass is 32.1. The van der Waals surface area contributed by atoms with Gasteiger partial charge >= 0.3 is 0 Å². The second-order valence-corrected chi connectivity index (χ2v) is 6.13. The molecule has 22 heavy (non-hydrogen) atoms.